The van der Waals surface area contributed by atoms with Crippen molar-refractivity contribution in [2.24, 2.45) is 0 Å². The highest BCUT2D eigenvalue weighted by atomic mass is 35.5. The number of carbonyl (C=O) groups is 2. The van der Waals surface area contributed by atoms with Gasteiger partial charge in [-0.15, -0.1) is 0 Å². The molecule has 0 spiro atoms. The van der Waals surface area contributed by atoms with E-state index in [0.29, 0.717) is 28.1 Å². The number of hydrogen-bond donors (Lipinski definition) is 1. The molecule has 1 atom stereocenters. The predicted molar refractivity (Wildman–Crippen MR) is 150 cm³/mol. The molecule has 0 aliphatic rings. The van der Waals surface area contributed by atoms with Crippen LogP contribution in [-0.2, 0) is 22.6 Å². The third-order valence-corrected chi connectivity index (χ3v) is 6.69. The number of amides is 2. The lowest BCUT2D eigenvalue weighted by atomic mass is 10.0. The number of hydrogen-bond acceptors (Lipinski definition) is 3. The van der Waals surface area contributed by atoms with E-state index in [0.717, 1.165) is 11.1 Å². The van der Waals surface area contributed by atoms with Gasteiger partial charge in [0.05, 0.1) is 10.0 Å². The topological polar surface area (TPSA) is 58.6 Å². The Bertz CT molecular complexity index is 1180. The maximum Gasteiger partial charge on any atom is 0.261 e. The SMILES string of the molecule is CC(C)NC(=O)[C@@H](Cc1ccccc1)N(Cc1ccc(Cl)c(Cl)c1)C(=O)COc1ccc(C(C)C)cc1. The number of ether oxygens (including phenoxy) is 1. The number of benzene rings is 3. The monoisotopic (exact) mass is 540 g/mol. The first kappa shape index (κ1) is 28.5. The Morgan fingerprint density at radius 2 is 1.54 bits per heavy atom. The Morgan fingerprint density at radius 3 is 2.14 bits per heavy atom. The van der Waals surface area contributed by atoms with E-state index in [-0.39, 0.29) is 31.0 Å². The number of rotatable bonds is 11. The van der Waals surface area contributed by atoms with Crippen molar-refractivity contribution in [2.75, 3.05) is 6.61 Å². The molecule has 196 valence electrons. The molecule has 0 fully saturated rings. The molecule has 3 rings (SSSR count). The van der Waals surface area contributed by atoms with Gasteiger partial charge in [0, 0.05) is 19.0 Å². The average Bonchev–Trinajstić information content (AvgIpc) is 2.87. The standard InChI is InChI=1S/C30H34Cl2N2O3/c1-20(2)24-11-13-25(14-12-24)37-19-29(35)34(18-23-10-15-26(31)27(32)16-23)28(30(36)33-21(3)4)17-22-8-6-5-7-9-22/h5-16,20-21,28H,17-19H2,1-4H3,(H,33,36)/t28-/m1/s1. The summed E-state index contributed by atoms with van der Waals surface area (Å²) in [7, 11) is 0. The Morgan fingerprint density at radius 1 is 0.865 bits per heavy atom. The Hall–Kier alpha value is -3.02. The van der Waals surface area contributed by atoms with Crippen molar-refractivity contribution < 1.29 is 14.3 Å². The molecule has 0 heterocycles. The van der Waals surface area contributed by atoms with Crippen molar-refractivity contribution in [2.45, 2.75) is 58.7 Å². The summed E-state index contributed by atoms with van der Waals surface area (Å²) >= 11 is 12.4. The van der Waals surface area contributed by atoms with Crippen molar-refractivity contribution in [3.05, 3.63) is 99.5 Å². The summed E-state index contributed by atoms with van der Waals surface area (Å²) in [5, 5.41) is 3.79. The van der Waals surface area contributed by atoms with Crippen LogP contribution in [-0.4, -0.2) is 35.4 Å². The van der Waals surface area contributed by atoms with E-state index in [1.807, 2.05) is 68.4 Å². The molecule has 3 aromatic rings. The van der Waals surface area contributed by atoms with Gasteiger partial charge in [0.2, 0.25) is 5.91 Å². The molecular formula is C30H34Cl2N2O3. The van der Waals surface area contributed by atoms with Crippen molar-refractivity contribution in [1.82, 2.24) is 10.2 Å². The molecule has 0 aliphatic heterocycles. The molecule has 5 nitrogen and oxygen atoms in total. The minimum absolute atomic E-state index is 0.0802. The van der Waals surface area contributed by atoms with Crippen LogP contribution in [0, 0.1) is 0 Å². The molecule has 0 bridgehead atoms. The first-order valence-corrected chi connectivity index (χ1v) is 13.2. The summed E-state index contributed by atoms with van der Waals surface area (Å²) in [6.07, 6.45) is 0.357. The fraction of sp³-hybridized carbons (Fsp3) is 0.333. The molecule has 1 N–H and O–H groups in total. The van der Waals surface area contributed by atoms with Crippen molar-refractivity contribution >= 4 is 35.0 Å². The van der Waals surface area contributed by atoms with Gasteiger partial charge >= 0.3 is 0 Å². The summed E-state index contributed by atoms with van der Waals surface area (Å²) in [5.41, 5.74) is 2.90. The smallest absolute Gasteiger partial charge is 0.261 e. The second-order valence-corrected chi connectivity index (χ2v) is 10.5. The minimum Gasteiger partial charge on any atom is -0.484 e. The fourth-order valence-corrected chi connectivity index (χ4v) is 4.27. The van der Waals surface area contributed by atoms with Gasteiger partial charge in [-0.25, -0.2) is 0 Å². The van der Waals surface area contributed by atoms with E-state index in [1.54, 1.807) is 23.1 Å². The van der Waals surface area contributed by atoms with Crippen LogP contribution >= 0.6 is 23.2 Å². The second kappa shape index (κ2) is 13.5. The van der Waals surface area contributed by atoms with Crippen molar-refractivity contribution in [3.63, 3.8) is 0 Å². The summed E-state index contributed by atoms with van der Waals surface area (Å²) in [6, 6.07) is 21.7. The molecule has 0 aromatic heterocycles. The highest BCUT2D eigenvalue weighted by molar-refractivity contribution is 6.42. The zero-order chi connectivity index (χ0) is 26.9. The quantitative estimate of drug-likeness (QED) is 0.295. The fourth-order valence-electron chi connectivity index (χ4n) is 3.95. The van der Waals surface area contributed by atoms with Gasteiger partial charge in [0.1, 0.15) is 11.8 Å². The van der Waals surface area contributed by atoms with Gasteiger partial charge in [-0.2, -0.15) is 0 Å². The molecule has 3 aromatic carbocycles. The number of carbonyl (C=O) groups excluding carboxylic acids is 2. The molecule has 0 aliphatic carbocycles. The maximum atomic E-state index is 13.6. The summed E-state index contributed by atoms with van der Waals surface area (Å²) in [4.78, 5) is 28.6. The summed E-state index contributed by atoms with van der Waals surface area (Å²) < 4.78 is 5.86. The van der Waals surface area contributed by atoms with Crippen molar-refractivity contribution in [3.8, 4) is 5.75 Å². The molecule has 0 radical (unpaired) electrons. The summed E-state index contributed by atoms with van der Waals surface area (Å²) in [5.74, 6) is 0.460. The van der Waals surface area contributed by atoms with E-state index in [1.165, 1.54) is 5.56 Å². The third-order valence-electron chi connectivity index (χ3n) is 5.95. The van der Waals surface area contributed by atoms with E-state index >= 15 is 0 Å². The van der Waals surface area contributed by atoms with E-state index in [9.17, 15) is 9.59 Å². The van der Waals surface area contributed by atoms with E-state index in [4.69, 9.17) is 27.9 Å². The molecule has 37 heavy (non-hydrogen) atoms. The molecule has 2 amide bonds. The highest BCUT2D eigenvalue weighted by Gasteiger charge is 2.31. The second-order valence-electron chi connectivity index (χ2n) is 9.65. The zero-order valence-electron chi connectivity index (χ0n) is 21.7. The number of nitrogens with one attached hydrogen (secondary N) is 1. The first-order chi connectivity index (χ1) is 17.6. The lowest BCUT2D eigenvalue weighted by Crippen LogP contribution is -2.52. The average molecular weight is 542 g/mol. The molecule has 0 saturated heterocycles. The normalized spacial score (nSPS) is 11.9. The summed E-state index contributed by atoms with van der Waals surface area (Å²) in [6.45, 7) is 8.00. The first-order valence-electron chi connectivity index (χ1n) is 12.4. The van der Waals surface area contributed by atoms with Gasteiger partial charge in [-0.05, 0) is 60.7 Å². The predicted octanol–water partition coefficient (Wildman–Crippen LogP) is 6.66. The molecule has 7 heteroatoms. The highest BCUT2D eigenvalue weighted by Crippen LogP contribution is 2.25. The van der Waals surface area contributed by atoms with Crippen LogP contribution in [0.1, 0.15) is 50.3 Å². The van der Waals surface area contributed by atoms with Gasteiger partial charge in [0.25, 0.3) is 5.91 Å². The van der Waals surface area contributed by atoms with Gasteiger partial charge < -0.3 is 15.0 Å². The van der Waals surface area contributed by atoms with Crippen LogP contribution in [0.15, 0.2) is 72.8 Å². The van der Waals surface area contributed by atoms with Crippen LogP contribution in [0.2, 0.25) is 10.0 Å². The molecule has 0 saturated carbocycles. The van der Waals surface area contributed by atoms with Crippen LogP contribution in [0.5, 0.6) is 5.75 Å². The van der Waals surface area contributed by atoms with Gasteiger partial charge in [-0.3, -0.25) is 9.59 Å². The van der Waals surface area contributed by atoms with Crippen LogP contribution in [0.4, 0.5) is 0 Å². The van der Waals surface area contributed by atoms with Crippen LogP contribution in [0.25, 0.3) is 0 Å². The van der Waals surface area contributed by atoms with Crippen LogP contribution in [0.3, 0.4) is 0 Å². The van der Waals surface area contributed by atoms with Crippen molar-refractivity contribution in [1.29, 1.82) is 0 Å². The zero-order valence-corrected chi connectivity index (χ0v) is 23.2. The van der Waals surface area contributed by atoms with E-state index in [2.05, 4.69) is 19.2 Å². The lowest BCUT2D eigenvalue weighted by Gasteiger charge is -2.32. The molecular weight excluding hydrogens is 507 g/mol. The Balaban J connectivity index is 1.90. The van der Waals surface area contributed by atoms with Gasteiger partial charge in [0.15, 0.2) is 6.61 Å². The third kappa shape index (κ3) is 8.51. The maximum absolute atomic E-state index is 13.6. The van der Waals surface area contributed by atoms with E-state index < -0.39 is 6.04 Å². The Labute approximate surface area is 229 Å². The lowest BCUT2D eigenvalue weighted by molar-refractivity contribution is -0.143. The van der Waals surface area contributed by atoms with Crippen LogP contribution < -0.4 is 10.1 Å². The number of nitrogens with zero attached hydrogens (tertiary/aromatic N) is 1. The largest absolute Gasteiger partial charge is 0.484 e. The van der Waals surface area contributed by atoms with Gasteiger partial charge in [-0.1, -0.05) is 85.6 Å². The number of halogens is 2. The Kier molecular flexibility index (Phi) is 10.4. The molecule has 0 unspecified atom stereocenters. The minimum atomic E-state index is -0.751.